The molecule has 0 atom stereocenters. The molecule has 1 fully saturated rings. The maximum absolute atomic E-state index is 5.89. The van der Waals surface area contributed by atoms with Gasteiger partial charge >= 0.3 is 0 Å². The molecule has 1 saturated heterocycles. The number of hydrogen-bond donors (Lipinski definition) is 0. The van der Waals surface area contributed by atoms with Gasteiger partial charge in [-0.05, 0) is 12.1 Å². The topological polar surface area (TPSA) is 28.6 Å². The summed E-state index contributed by atoms with van der Waals surface area (Å²) >= 11 is 7.49. The number of thiazole rings is 1. The summed E-state index contributed by atoms with van der Waals surface area (Å²) in [6, 6.07) is 8.15. The largest absolute Gasteiger partial charge is 0.495 e. The minimum atomic E-state index is 0.581. The summed E-state index contributed by atoms with van der Waals surface area (Å²) in [6.45, 7) is 3.80. The lowest BCUT2D eigenvalue weighted by molar-refractivity contribution is 0.413. The zero-order valence-electron chi connectivity index (χ0n) is 11.3. The van der Waals surface area contributed by atoms with E-state index in [9.17, 15) is 0 Å². The summed E-state index contributed by atoms with van der Waals surface area (Å²) in [5.74, 6) is 0.929. The van der Waals surface area contributed by atoms with Gasteiger partial charge in [0.15, 0.2) is 5.13 Å². The van der Waals surface area contributed by atoms with Crippen molar-refractivity contribution in [2.24, 2.45) is 0 Å². The SMILES string of the molecule is COc1ccccc1N1CCN(c2nc(Cl)cs2)CC1. The van der Waals surface area contributed by atoms with E-state index in [4.69, 9.17) is 16.3 Å². The average molecular weight is 310 g/mol. The van der Waals surface area contributed by atoms with E-state index in [2.05, 4.69) is 20.9 Å². The van der Waals surface area contributed by atoms with E-state index in [-0.39, 0.29) is 0 Å². The standard InChI is InChI=1S/C14H16ClN3OS/c1-19-12-5-3-2-4-11(12)17-6-8-18(9-7-17)14-16-13(15)10-20-14/h2-5,10H,6-9H2,1H3. The van der Waals surface area contributed by atoms with E-state index < -0.39 is 0 Å². The minimum Gasteiger partial charge on any atom is -0.495 e. The second kappa shape index (κ2) is 5.89. The number of halogens is 1. The summed E-state index contributed by atoms with van der Waals surface area (Å²) in [6.07, 6.45) is 0. The van der Waals surface area contributed by atoms with Gasteiger partial charge in [-0.1, -0.05) is 23.7 Å². The van der Waals surface area contributed by atoms with Crippen LogP contribution in [0.5, 0.6) is 5.75 Å². The molecular formula is C14H16ClN3OS. The van der Waals surface area contributed by atoms with Crippen LogP contribution in [0.15, 0.2) is 29.6 Å². The third-order valence-electron chi connectivity index (χ3n) is 3.44. The predicted molar refractivity (Wildman–Crippen MR) is 84.5 cm³/mol. The fourth-order valence-electron chi connectivity index (χ4n) is 2.42. The number of anilines is 2. The Morgan fingerprint density at radius 3 is 2.50 bits per heavy atom. The highest BCUT2D eigenvalue weighted by Gasteiger charge is 2.21. The predicted octanol–water partition coefficient (Wildman–Crippen LogP) is 3.13. The number of nitrogens with zero attached hydrogens (tertiary/aromatic N) is 3. The van der Waals surface area contributed by atoms with Gasteiger partial charge in [0.25, 0.3) is 0 Å². The minimum absolute atomic E-state index is 0.581. The van der Waals surface area contributed by atoms with Gasteiger partial charge in [-0.2, -0.15) is 0 Å². The number of rotatable bonds is 3. The third-order valence-corrected chi connectivity index (χ3v) is 4.66. The van der Waals surface area contributed by atoms with Crippen molar-refractivity contribution in [3.05, 3.63) is 34.8 Å². The molecule has 2 heterocycles. The summed E-state index contributed by atoms with van der Waals surface area (Å²) in [5, 5.41) is 3.47. The molecule has 1 aromatic carbocycles. The van der Waals surface area contributed by atoms with Crippen LogP contribution in [0.25, 0.3) is 0 Å². The molecular weight excluding hydrogens is 294 g/mol. The van der Waals surface area contributed by atoms with Crippen LogP contribution in [0.4, 0.5) is 10.8 Å². The molecule has 0 N–H and O–H groups in total. The lowest BCUT2D eigenvalue weighted by atomic mass is 10.2. The molecule has 1 aliphatic heterocycles. The Morgan fingerprint density at radius 1 is 1.15 bits per heavy atom. The Balaban J connectivity index is 1.69. The fourth-order valence-corrected chi connectivity index (χ4v) is 3.42. The Morgan fingerprint density at radius 2 is 1.85 bits per heavy atom. The lowest BCUT2D eigenvalue weighted by Crippen LogP contribution is -2.46. The highest BCUT2D eigenvalue weighted by atomic mass is 35.5. The van der Waals surface area contributed by atoms with Crippen LogP contribution in [-0.2, 0) is 0 Å². The van der Waals surface area contributed by atoms with Crippen LogP contribution in [0.3, 0.4) is 0 Å². The Kier molecular flexibility index (Phi) is 3.98. The van der Waals surface area contributed by atoms with Crippen LogP contribution in [-0.4, -0.2) is 38.3 Å². The quantitative estimate of drug-likeness (QED) is 0.871. The van der Waals surface area contributed by atoms with Crippen LogP contribution in [0, 0.1) is 0 Å². The maximum Gasteiger partial charge on any atom is 0.186 e. The Bertz CT molecular complexity index is 581. The zero-order valence-corrected chi connectivity index (χ0v) is 12.8. The van der Waals surface area contributed by atoms with Gasteiger partial charge in [-0.25, -0.2) is 4.98 Å². The maximum atomic E-state index is 5.89. The van der Waals surface area contributed by atoms with Gasteiger partial charge in [0.2, 0.25) is 0 Å². The molecule has 0 unspecified atom stereocenters. The van der Waals surface area contributed by atoms with E-state index in [1.165, 1.54) is 0 Å². The summed E-state index contributed by atoms with van der Waals surface area (Å²) in [7, 11) is 1.71. The lowest BCUT2D eigenvalue weighted by Gasteiger charge is -2.36. The molecule has 0 amide bonds. The van der Waals surface area contributed by atoms with Crippen LogP contribution < -0.4 is 14.5 Å². The van der Waals surface area contributed by atoms with Gasteiger partial charge in [0.05, 0.1) is 12.8 Å². The van der Waals surface area contributed by atoms with E-state index >= 15 is 0 Å². The first kappa shape index (κ1) is 13.5. The number of aromatic nitrogens is 1. The Hall–Kier alpha value is -1.46. The van der Waals surface area contributed by atoms with E-state index in [1.807, 2.05) is 23.6 Å². The highest BCUT2D eigenvalue weighted by molar-refractivity contribution is 7.14. The first-order chi connectivity index (χ1) is 9.78. The van der Waals surface area contributed by atoms with Crippen molar-refractivity contribution in [3.63, 3.8) is 0 Å². The first-order valence-corrected chi connectivity index (χ1v) is 7.77. The molecule has 3 rings (SSSR count). The van der Waals surface area contributed by atoms with Gasteiger partial charge in [0, 0.05) is 31.6 Å². The number of hydrogen-bond acceptors (Lipinski definition) is 5. The number of piperazine rings is 1. The second-order valence-corrected chi connectivity index (χ2v) is 5.82. The molecule has 1 aromatic heterocycles. The highest BCUT2D eigenvalue weighted by Crippen LogP contribution is 2.30. The Labute approximate surface area is 127 Å². The fraction of sp³-hybridized carbons (Fsp3) is 0.357. The van der Waals surface area contributed by atoms with Gasteiger partial charge in [-0.15, -0.1) is 11.3 Å². The smallest absolute Gasteiger partial charge is 0.186 e. The van der Waals surface area contributed by atoms with Crippen molar-refractivity contribution >= 4 is 33.8 Å². The summed E-state index contributed by atoms with van der Waals surface area (Å²) < 4.78 is 5.43. The van der Waals surface area contributed by atoms with E-state index in [0.29, 0.717) is 5.15 Å². The molecule has 106 valence electrons. The van der Waals surface area contributed by atoms with Crippen molar-refractivity contribution in [1.82, 2.24) is 4.98 Å². The summed E-state index contributed by atoms with van der Waals surface area (Å²) in [5.41, 5.74) is 1.16. The summed E-state index contributed by atoms with van der Waals surface area (Å²) in [4.78, 5) is 8.96. The molecule has 0 saturated carbocycles. The van der Waals surface area contributed by atoms with Gasteiger partial charge < -0.3 is 14.5 Å². The molecule has 20 heavy (non-hydrogen) atoms. The third kappa shape index (κ3) is 2.69. The number of methoxy groups -OCH3 is 1. The number of ether oxygens (including phenoxy) is 1. The van der Waals surface area contributed by atoms with Gasteiger partial charge in [-0.3, -0.25) is 0 Å². The normalized spacial score (nSPS) is 15.5. The zero-order chi connectivity index (χ0) is 13.9. The average Bonchev–Trinajstić information content (AvgIpc) is 2.94. The van der Waals surface area contributed by atoms with Gasteiger partial charge in [0.1, 0.15) is 10.9 Å². The first-order valence-electron chi connectivity index (χ1n) is 6.52. The van der Waals surface area contributed by atoms with Crippen LogP contribution in [0.1, 0.15) is 0 Å². The van der Waals surface area contributed by atoms with E-state index in [1.54, 1.807) is 18.4 Å². The molecule has 0 radical (unpaired) electrons. The van der Waals surface area contributed by atoms with Crippen LogP contribution >= 0.6 is 22.9 Å². The molecule has 4 nitrogen and oxygen atoms in total. The number of benzene rings is 1. The monoisotopic (exact) mass is 309 g/mol. The van der Waals surface area contributed by atoms with Crippen molar-refractivity contribution in [2.75, 3.05) is 43.1 Å². The van der Waals surface area contributed by atoms with Crippen molar-refractivity contribution in [1.29, 1.82) is 0 Å². The molecule has 1 aliphatic rings. The molecule has 0 spiro atoms. The number of para-hydroxylation sites is 2. The molecule has 2 aromatic rings. The van der Waals surface area contributed by atoms with Crippen LogP contribution in [0.2, 0.25) is 5.15 Å². The molecule has 6 heteroatoms. The van der Waals surface area contributed by atoms with E-state index in [0.717, 1.165) is 42.7 Å². The van der Waals surface area contributed by atoms with Crippen molar-refractivity contribution < 1.29 is 4.74 Å². The van der Waals surface area contributed by atoms with Crippen molar-refractivity contribution in [3.8, 4) is 5.75 Å². The molecule has 0 aliphatic carbocycles. The molecule has 0 bridgehead atoms. The van der Waals surface area contributed by atoms with Crippen molar-refractivity contribution in [2.45, 2.75) is 0 Å². The second-order valence-electron chi connectivity index (χ2n) is 4.60.